The van der Waals surface area contributed by atoms with Gasteiger partial charge in [0.1, 0.15) is 0 Å². The van der Waals surface area contributed by atoms with Gasteiger partial charge in [0.05, 0.1) is 0 Å². The molecule has 3 rings (SSSR count). The summed E-state index contributed by atoms with van der Waals surface area (Å²) in [5.41, 5.74) is 2.59. The molecule has 1 aromatic rings. The van der Waals surface area contributed by atoms with Crippen LogP contribution in [0.3, 0.4) is 0 Å². The van der Waals surface area contributed by atoms with Crippen LogP contribution in [-0.4, -0.2) is 23.9 Å². The van der Waals surface area contributed by atoms with Crippen LogP contribution in [0.1, 0.15) is 68.9 Å². The largest absolute Gasteiger partial charge is 0.352 e. The van der Waals surface area contributed by atoms with Crippen LogP contribution in [0.25, 0.3) is 0 Å². The molecule has 0 bridgehead atoms. The number of rotatable bonds is 6. The maximum Gasteiger partial charge on any atom is 0.220 e. The Morgan fingerprint density at radius 2 is 1.54 bits per heavy atom. The van der Waals surface area contributed by atoms with E-state index < -0.39 is 0 Å². The quantitative estimate of drug-likeness (QED) is 0.846. The standard InChI is InChI=1S/C21H32N2O/c24-21(15-18-7-3-1-4-8-18)22-16-19-9-11-20(12-10-19)17-23-13-5-2-6-14-23/h9-12,18H,1-8,13-17H2,(H,22,24). The highest BCUT2D eigenvalue weighted by Gasteiger charge is 2.16. The Labute approximate surface area is 146 Å². The van der Waals surface area contributed by atoms with E-state index in [9.17, 15) is 4.79 Å². The number of hydrogen-bond donors (Lipinski definition) is 1. The van der Waals surface area contributed by atoms with E-state index in [1.54, 1.807) is 0 Å². The van der Waals surface area contributed by atoms with Crippen molar-refractivity contribution in [2.45, 2.75) is 70.9 Å². The van der Waals surface area contributed by atoms with E-state index in [4.69, 9.17) is 0 Å². The zero-order valence-electron chi connectivity index (χ0n) is 14.9. The molecule has 3 nitrogen and oxygen atoms in total. The van der Waals surface area contributed by atoms with Gasteiger partial charge in [-0.25, -0.2) is 0 Å². The topological polar surface area (TPSA) is 32.3 Å². The summed E-state index contributed by atoms with van der Waals surface area (Å²) in [7, 11) is 0. The number of likely N-dealkylation sites (tertiary alicyclic amines) is 1. The molecule has 1 saturated carbocycles. The van der Waals surface area contributed by atoms with Gasteiger partial charge in [0.2, 0.25) is 5.91 Å². The number of amides is 1. The molecular weight excluding hydrogens is 296 g/mol. The maximum absolute atomic E-state index is 12.1. The first-order valence-electron chi connectivity index (χ1n) is 9.86. The van der Waals surface area contributed by atoms with E-state index >= 15 is 0 Å². The minimum absolute atomic E-state index is 0.222. The van der Waals surface area contributed by atoms with Gasteiger partial charge in [0.15, 0.2) is 0 Å². The zero-order chi connectivity index (χ0) is 16.6. The third kappa shape index (κ3) is 5.62. The first-order chi connectivity index (χ1) is 11.8. The minimum Gasteiger partial charge on any atom is -0.352 e. The fourth-order valence-corrected chi connectivity index (χ4v) is 4.06. The van der Waals surface area contributed by atoms with Crippen LogP contribution in [0.2, 0.25) is 0 Å². The van der Waals surface area contributed by atoms with Gasteiger partial charge in [-0.2, -0.15) is 0 Å². The predicted octanol–water partition coefficient (Wildman–Crippen LogP) is 4.26. The Hall–Kier alpha value is -1.35. The van der Waals surface area contributed by atoms with Crippen LogP contribution in [0.15, 0.2) is 24.3 Å². The molecule has 2 fully saturated rings. The van der Waals surface area contributed by atoms with Crippen molar-refractivity contribution in [3.8, 4) is 0 Å². The van der Waals surface area contributed by atoms with Crippen molar-refractivity contribution in [1.29, 1.82) is 0 Å². The molecule has 1 heterocycles. The van der Waals surface area contributed by atoms with Gasteiger partial charge in [-0.15, -0.1) is 0 Å². The van der Waals surface area contributed by atoms with Crippen LogP contribution < -0.4 is 5.32 Å². The second kappa shape index (κ2) is 9.22. The lowest BCUT2D eigenvalue weighted by Gasteiger charge is -2.26. The van der Waals surface area contributed by atoms with Crippen molar-refractivity contribution < 1.29 is 4.79 Å². The van der Waals surface area contributed by atoms with E-state index in [1.165, 1.54) is 75.6 Å². The molecular formula is C21H32N2O. The molecule has 0 atom stereocenters. The molecule has 24 heavy (non-hydrogen) atoms. The van der Waals surface area contributed by atoms with Gasteiger partial charge >= 0.3 is 0 Å². The summed E-state index contributed by atoms with van der Waals surface area (Å²) in [6.07, 6.45) is 11.2. The van der Waals surface area contributed by atoms with E-state index in [2.05, 4.69) is 34.5 Å². The van der Waals surface area contributed by atoms with Gasteiger partial charge in [0.25, 0.3) is 0 Å². The minimum atomic E-state index is 0.222. The van der Waals surface area contributed by atoms with E-state index in [0.717, 1.165) is 6.54 Å². The SMILES string of the molecule is O=C(CC1CCCCC1)NCc1ccc(CN2CCCCC2)cc1. The highest BCUT2D eigenvalue weighted by atomic mass is 16.1. The lowest BCUT2D eigenvalue weighted by atomic mass is 9.87. The lowest BCUT2D eigenvalue weighted by molar-refractivity contribution is -0.122. The second-order valence-corrected chi connectivity index (χ2v) is 7.64. The Kier molecular flexibility index (Phi) is 6.71. The first kappa shape index (κ1) is 17.5. The number of hydrogen-bond acceptors (Lipinski definition) is 2. The maximum atomic E-state index is 12.1. The van der Waals surface area contributed by atoms with Crippen LogP contribution in [0, 0.1) is 5.92 Å². The van der Waals surface area contributed by atoms with Crippen molar-refractivity contribution >= 4 is 5.91 Å². The molecule has 0 radical (unpaired) electrons. The molecule has 1 aliphatic heterocycles. The number of nitrogens with zero attached hydrogens (tertiary/aromatic N) is 1. The lowest BCUT2D eigenvalue weighted by Crippen LogP contribution is -2.29. The molecule has 132 valence electrons. The molecule has 0 spiro atoms. The fraction of sp³-hybridized carbons (Fsp3) is 0.667. The summed E-state index contributed by atoms with van der Waals surface area (Å²) in [4.78, 5) is 14.6. The first-order valence-corrected chi connectivity index (χ1v) is 9.86. The smallest absolute Gasteiger partial charge is 0.220 e. The molecule has 0 unspecified atom stereocenters. The Balaban J connectivity index is 1.39. The molecule has 3 heteroatoms. The molecule has 2 aliphatic rings. The Morgan fingerprint density at radius 3 is 2.25 bits per heavy atom. The van der Waals surface area contributed by atoms with Crippen LogP contribution >= 0.6 is 0 Å². The third-order valence-electron chi connectivity index (χ3n) is 5.57. The van der Waals surface area contributed by atoms with Crippen LogP contribution in [0.4, 0.5) is 0 Å². The van der Waals surface area contributed by atoms with E-state index in [-0.39, 0.29) is 5.91 Å². The van der Waals surface area contributed by atoms with Crippen LogP contribution in [0.5, 0.6) is 0 Å². The van der Waals surface area contributed by atoms with Gasteiger partial charge < -0.3 is 5.32 Å². The van der Waals surface area contributed by atoms with Gasteiger partial charge in [-0.1, -0.05) is 49.9 Å². The van der Waals surface area contributed by atoms with Crippen molar-refractivity contribution in [2.75, 3.05) is 13.1 Å². The molecule has 1 aliphatic carbocycles. The highest BCUT2D eigenvalue weighted by Crippen LogP contribution is 2.26. The number of carbonyl (C=O) groups is 1. The zero-order valence-corrected chi connectivity index (χ0v) is 14.9. The normalized spacial score (nSPS) is 20.0. The number of piperidine rings is 1. The fourth-order valence-electron chi connectivity index (χ4n) is 4.06. The summed E-state index contributed by atoms with van der Waals surface area (Å²) in [5, 5.41) is 3.10. The van der Waals surface area contributed by atoms with Crippen molar-refractivity contribution in [3.63, 3.8) is 0 Å². The van der Waals surface area contributed by atoms with Crippen molar-refractivity contribution in [3.05, 3.63) is 35.4 Å². The average molecular weight is 329 g/mol. The molecule has 1 aromatic carbocycles. The summed E-state index contributed by atoms with van der Waals surface area (Å²) >= 11 is 0. The van der Waals surface area contributed by atoms with Gasteiger partial charge in [0, 0.05) is 19.5 Å². The Bertz CT molecular complexity index is 499. The van der Waals surface area contributed by atoms with Gasteiger partial charge in [-0.05, 0) is 55.8 Å². The monoisotopic (exact) mass is 328 g/mol. The van der Waals surface area contributed by atoms with Crippen LogP contribution in [-0.2, 0) is 17.9 Å². The van der Waals surface area contributed by atoms with Crippen molar-refractivity contribution in [2.24, 2.45) is 5.92 Å². The number of benzene rings is 1. The number of nitrogens with one attached hydrogen (secondary N) is 1. The summed E-state index contributed by atoms with van der Waals surface area (Å²) < 4.78 is 0. The van der Waals surface area contributed by atoms with Crippen molar-refractivity contribution in [1.82, 2.24) is 10.2 Å². The molecule has 1 N–H and O–H groups in total. The molecule has 1 saturated heterocycles. The van der Waals surface area contributed by atoms with E-state index in [0.29, 0.717) is 18.9 Å². The molecule has 0 aromatic heterocycles. The molecule has 1 amide bonds. The Morgan fingerprint density at radius 1 is 0.917 bits per heavy atom. The highest BCUT2D eigenvalue weighted by molar-refractivity contribution is 5.76. The number of carbonyl (C=O) groups excluding carboxylic acids is 1. The summed E-state index contributed by atoms with van der Waals surface area (Å²) in [6.45, 7) is 4.20. The van der Waals surface area contributed by atoms with Gasteiger partial charge in [-0.3, -0.25) is 9.69 Å². The second-order valence-electron chi connectivity index (χ2n) is 7.64. The third-order valence-corrected chi connectivity index (χ3v) is 5.57. The van der Waals surface area contributed by atoms with E-state index in [1.807, 2.05) is 0 Å². The summed E-state index contributed by atoms with van der Waals surface area (Å²) in [5.74, 6) is 0.838. The average Bonchev–Trinajstić information content (AvgIpc) is 2.63. The summed E-state index contributed by atoms with van der Waals surface area (Å²) in [6, 6.07) is 8.77. The predicted molar refractivity (Wildman–Crippen MR) is 98.6 cm³/mol.